The molecule has 9 heteroatoms. The van der Waals surface area contributed by atoms with Crippen LogP contribution in [-0.2, 0) is 9.53 Å². The molecular formula is C15H13FN4O4. The van der Waals surface area contributed by atoms with Gasteiger partial charge in [-0.2, -0.15) is 0 Å². The van der Waals surface area contributed by atoms with E-state index in [1.54, 1.807) is 0 Å². The average molecular weight is 332 g/mol. The summed E-state index contributed by atoms with van der Waals surface area (Å²) in [7, 11) is 0. The second-order valence-corrected chi connectivity index (χ2v) is 4.98. The lowest BCUT2D eigenvalue weighted by molar-refractivity contribution is -0.130. The zero-order valence-electron chi connectivity index (χ0n) is 12.4. The van der Waals surface area contributed by atoms with Crippen LogP contribution in [0.1, 0.15) is 10.5 Å². The molecule has 2 heterocycles. The highest BCUT2D eigenvalue weighted by Gasteiger charge is 2.27. The first kappa shape index (κ1) is 15.7. The molecule has 1 aliphatic rings. The molecule has 1 saturated heterocycles. The van der Waals surface area contributed by atoms with E-state index in [9.17, 15) is 18.8 Å². The normalized spacial score (nSPS) is 13.7. The number of esters is 1. The Kier molecular flexibility index (Phi) is 4.23. The summed E-state index contributed by atoms with van der Waals surface area (Å²) in [5, 5.41) is 2.48. The number of rotatable bonds is 4. The molecule has 24 heavy (non-hydrogen) atoms. The van der Waals surface area contributed by atoms with Crippen molar-refractivity contribution in [1.82, 2.24) is 19.8 Å². The molecule has 1 aromatic heterocycles. The van der Waals surface area contributed by atoms with Crippen molar-refractivity contribution in [1.29, 1.82) is 0 Å². The van der Waals surface area contributed by atoms with E-state index in [4.69, 9.17) is 4.74 Å². The molecule has 0 unspecified atom stereocenters. The van der Waals surface area contributed by atoms with Crippen LogP contribution in [0.5, 0.6) is 0 Å². The number of halogens is 1. The van der Waals surface area contributed by atoms with Crippen molar-refractivity contribution < 1.29 is 23.5 Å². The summed E-state index contributed by atoms with van der Waals surface area (Å²) in [6.45, 7) is 0.0550. The number of nitrogens with zero attached hydrogens (tertiary/aromatic N) is 3. The van der Waals surface area contributed by atoms with Crippen molar-refractivity contribution in [2.75, 3.05) is 19.7 Å². The van der Waals surface area contributed by atoms with Crippen LogP contribution in [0.2, 0.25) is 0 Å². The van der Waals surface area contributed by atoms with Crippen molar-refractivity contribution in [3.8, 4) is 5.69 Å². The van der Waals surface area contributed by atoms with Gasteiger partial charge in [0.2, 0.25) is 0 Å². The lowest BCUT2D eigenvalue weighted by Crippen LogP contribution is -2.37. The number of hydrogen-bond donors (Lipinski definition) is 1. The molecule has 3 rings (SSSR count). The van der Waals surface area contributed by atoms with Gasteiger partial charge in [-0.25, -0.2) is 19.0 Å². The fraction of sp³-hybridized carbons (Fsp3) is 0.200. The van der Waals surface area contributed by atoms with E-state index < -0.39 is 30.3 Å². The highest BCUT2D eigenvalue weighted by molar-refractivity contribution is 5.97. The number of nitrogens with one attached hydrogen (secondary N) is 1. The molecule has 124 valence electrons. The van der Waals surface area contributed by atoms with Crippen LogP contribution in [-0.4, -0.2) is 52.1 Å². The van der Waals surface area contributed by atoms with Crippen molar-refractivity contribution in [2.45, 2.75) is 0 Å². The molecule has 0 spiro atoms. The number of imide groups is 1. The van der Waals surface area contributed by atoms with Crippen molar-refractivity contribution in [3.05, 3.63) is 48.3 Å². The highest BCUT2D eigenvalue weighted by atomic mass is 19.1. The third-order valence-electron chi connectivity index (χ3n) is 3.44. The maximum absolute atomic E-state index is 13.0. The second kappa shape index (κ2) is 6.49. The number of imidazole rings is 1. The number of carbonyl (C=O) groups excluding carboxylic acids is 3. The Morgan fingerprint density at radius 2 is 2.04 bits per heavy atom. The van der Waals surface area contributed by atoms with Crippen molar-refractivity contribution in [3.63, 3.8) is 0 Å². The molecule has 0 saturated carbocycles. The van der Waals surface area contributed by atoms with Crippen LogP contribution in [0.25, 0.3) is 5.69 Å². The fourth-order valence-electron chi connectivity index (χ4n) is 2.24. The molecule has 0 aliphatic carbocycles. The summed E-state index contributed by atoms with van der Waals surface area (Å²) in [4.78, 5) is 40.2. The number of benzene rings is 1. The molecule has 2 aromatic rings. The maximum Gasteiger partial charge on any atom is 0.357 e. The first-order valence-corrected chi connectivity index (χ1v) is 7.10. The summed E-state index contributed by atoms with van der Waals surface area (Å²) in [5.74, 6) is -1.78. The molecule has 1 aliphatic heterocycles. The van der Waals surface area contributed by atoms with Gasteiger partial charge in [0.15, 0.2) is 12.3 Å². The lowest BCUT2D eigenvalue weighted by Gasteiger charge is -2.12. The molecule has 0 radical (unpaired) electrons. The number of urea groups is 1. The third kappa shape index (κ3) is 3.09. The molecule has 3 amide bonds. The van der Waals surface area contributed by atoms with Gasteiger partial charge in [0.05, 0.1) is 12.5 Å². The van der Waals surface area contributed by atoms with Gasteiger partial charge in [0.25, 0.3) is 5.91 Å². The smallest absolute Gasteiger partial charge is 0.357 e. The van der Waals surface area contributed by atoms with Crippen LogP contribution in [0.3, 0.4) is 0 Å². The van der Waals surface area contributed by atoms with E-state index in [0.29, 0.717) is 12.2 Å². The number of hydrogen-bond acceptors (Lipinski definition) is 5. The molecule has 1 N–H and O–H groups in total. The zero-order valence-corrected chi connectivity index (χ0v) is 12.4. The van der Waals surface area contributed by atoms with E-state index in [2.05, 4.69) is 10.3 Å². The van der Waals surface area contributed by atoms with E-state index >= 15 is 0 Å². The first-order valence-electron chi connectivity index (χ1n) is 7.10. The van der Waals surface area contributed by atoms with Gasteiger partial charge >= 0.3 is 12.0 Å². The highest BCUT2D eigenvalue weighted by Crippen LogP contribution is 2.13. The Labute approximate surface area is 135 Å². The SMILES string of the molecule is O=C(OCC(=O)N1CCNC1=O)c1cncn1-c1ccc(F)cc1. The molecule has 1 fully saturated rings. The minimum Gasteiger partial charge on any atom is -0.451 e. The summed E-state index contributed by atoms with van der Waals surface area (Å²) < 4.78 is 19.3. The van der Waals surface area contributed by atoms with Gasteiger partial charge in [0, 0.05) is 18.8 Å². The predicted molar refractivity (Wildman–Crippen MR) is 78.9 cm³/mol. The summed E-state index contributed by atoms with van der Waals surface area (Å²) in [6, 6.07) is 4.95. The van der Waals surface area contributed by atoms with Gasteiger partial charge in [-0.05, 0) is 24.3 Å². The molecule has 0 atom stereocenters. The molecule has 8 nitrogen and oxygen atoms in total. The van der Waals surface area contributed by atoms with Gasteiger partial charge in [-0.15, -0.1) is 0 Å². The summed E-state index contributed by atoms with van der Waals surface area (Å²) >= 11 is 0. The van der Waals surface area contributed by atoms with E-state index in [1.807, 2.05) is 0 Å². The van der Waals surface area contributed by atoms with Crippen LogP contribution >= 0.6 is 0 Å². The standard InChI is InChI=1S/C15H13FN4O4/c16-10-1-3-11(4-2-10)20-9-17-7-12(20)14(22)24-8-13(21)19-6-5-18-15(19)23/h1-4,7,9H,5-6,8H2,(H,18,23). The summed E-state index contributed by atoms with van der Waals surface area (Å²) in [5.41, 5.74) is 0.603. The molecule has 0 bridgehead atoms. The monoisotopic (exact) mass is 332 g/mol. The largest absolute Gasteiger partial charge is 0.451 e. The van der Waals surface area contributed by atoms with Gasteiger partial charge in [-0.1, -0.05) is 0 Å². The zero-order chi connectivity index (χ0) is 17.1. The van der Waals surface area contributed by atoms with Gasteiger partial charge < -0.3 is 10.1 Å². The lowest BCUT2D eigenvalue weighted by atomic mass is 10.3. The maximum atomic E-state index is 13.0. The first-order chi connectivity index (χ1) is 11.6. The van der Waals surface area contributed by atoms with E-state index in [-0.39, 0.29) is 12.2 Å². The fourth-order valence-corrected chi connectivity index (χ4v) is 2.24. The van der Waals surface area contributed by atoms with E-state index in [0.717, 1.165) is 4.90 Å². The van der Waals surface area contributed by atoms with Gasteiger partial charge in [-0.3, -0.25) is 14.3 Å². The number of amides is 3. The molecule has 1 aromatic carbocycles. The van der Waals surface area contributed by atoms with Crippen LogP contribution in [0.4, 0.5) is 9.18 Å². The number of ether oxygens (including phenoxy) is 1. The van der Waals surface area contributed by atoms with Crippen LogP contribution in [0, 0.1) is 5.82 Å². The Balaban J connectivity index is 1.68. The number of aromatic nitrogens is 2. The van der Waals surface area contributed by atoms with E-state index in [1.165, 1.54) is 41.4 Å². The van der Waals surface area contributed by atoms with Crippen LogP contribution < -0.4 is 5.32 Å². The Morgan fingerprint density at radius 1 is 1.29 bits per heavy atom. The molecular weight excluding hydrogens is 319 g/mol. The quantitative estimate of drug-likeness (QED) is 0.833. The van der Waals surface area contributed by atoms with Gasteiger partial charge in [0.1, 0.15) is 5.82 Å². The minimum absolute atomic E-state index is 0.0836. The van der Waals surface area contributed by atoms with Crippen molar-refractivity contribution in [2.24, 2.45) is 0 Å². The predicted octanol–water partition coefficient (Wildman–Crippen LogP) is 0.720. The minimum atomic E-state index is -0.773. The van der Waals surface area contributed by atoms with Crippen molar-refractivity contribution >= 4 is 17.9 Å². The Hall–Kier alpha value is -3.23. The average Bonchev–Trinajstić information content (AvgIpc) is 3.22. The second-order valence-electron chi connectivity index (χ2n) is 4.98. The number of carbonyl (C=O) groups is 3. The Morgan fingerprint density at radius 3 is 2.71 bits per heavy atom. The summed E-state index contributed by atoms with van der Waals surface area (Å²) in [6.07, 6.45) is 2.65. The topological polar surface area (TPSA) is 93.5 Å². The third-order valence-corrected chi connectivity index (χ3v) is 3.44. The van der Waals surface area contributed by atoms with Crippen LogP contribution in [0.15, 0.2) is 36.8 Å². The Bertz CT molecular complexity index is 787.